The van der Waals surface area contributed by atoms with Crippen molar-refractivity contribution in [3.63, 3.8) is 0 Å². The molecule has 18 heavy (non-hydrogen) atoms. The molecule has 1 aromatic heterocycles. The average molecular weight is 354 g/mol. The van der Waals surface area contributed by atoms with Crippen molar-refractivity contribution < 1.29 is 4.42 Å². The molecule has 0 radical (unpaired) electrons. The molecule has 0 saturated heterocycles. The Balaban J connectivity index is 1.80. The van der Waals surface area contributed by atoms with Crippen molar-refractivity contribution in [2.45, 2.75) is 32.4 Å². The van der Waals surface area contributed by atoms with Gasteiger partial charge in [-0.25, -0.2) is 4.98 Å². The van der Waals surface area contributed by atoms with Crippen LogP contribution < -0.4 is 5.32 Å². The van der Waals surface area contributed by atoms with Crippen molar-refractivity contribution >= 4 is 22.6 Å². The van der Waals surface area contributed by atoms with E-state index in [-0.39, 0.29) is 0 Å². The number of nitrogens with one attached hydrogen (secondary N) is 1. The zero-order valence-corrected chi connectivity index (χ0v) is 12.4. The van der Waals surface area contributed by atoms with Crippen molar-refractivity contribution in [3.8, 4) is 11.5 Å². The van der Waals surface area contributed by atoms with E-state index in [4.69, 9.17) is 4.42 Å². The predicted molar refractivity (Wildman–Crippen MR) is 79.3 cm³/mol. The molecule has 0 spiro atoms. The van der Waals surface area contributed by atoms with Crippen LogP contribution >= 0.6 is 22.6 Å². The topological polar surface area (TPSA) is 38.1 Å². The van der Waals surface area contributed by atoms with Crippen LogP contribution in [0.4, 0.5) is 0 Å². The lowest BCUT2D eigenvalue weighted by Gasteiger charge is -2.02. The number of hydrogen-bond acceptors (Lipinski definition) is 3. The zero-order chi connectivity index (χ0) is 12.5. The summed E-state index contributed by atoms with van der Waals surface area (Å²) in [6.07, 6.45) is 4.34. The maximum Gasteiger partial charge on any atom is 0.227 e. The molecule has 0 bridgehead atoms. The van der Waals surface area contributed by atoms with Crippen LogP contribution in [0.2, 0.25) is 0 Å². The third kappa shape index (κ3) is 2.59. The van der Waals surface area contributed by atoms with Crippen LogP contribution in [-0.2, 0) is 6.54 Å². The molecular formula is C14H15IN2O. The Hall–Kier alpha value is -0.880. The summed E-state index contributed by atoms with van der Waals surface area (Å²) >= 11 is 2.34. The zero-order valence-electron chi connectivity index (χ0n) is 10.2. The van der Waals surface area contributed by atoms with Crippen molar-refractivity contribution in [1.82, 2.24) is 10.3 Å². The molecule has 0 atom stereocenters. The monoisotopic (exact) mass is 354 g/mol. The van der Waals surface area contributed by atoms with E-state index in [1.165, 1.54) is 22.0 Å². The molecule has 4 heteroatoms. The number of halogens is 1. The van der Waals surface area contributed by atoms with Crippen LogP contribution in [-0.4, -0.2) is 11.0 Å². The van der Waals surface area contributed by atoms with Crippen molar-refractivity contribution in [2.24, 2.45) is 0 Å². The van der Waals surface area contributed by atoms with E-state index >= 15 is 0 Å². The van der Waals surface area contributed by atoms with E-state index in [1.54, 1.807) is 6.26 Å². The molecule has 3 nitrogen and oxygen atoms in total. The molecule has 3 rings (SSSR count). The first kappa shape index (κ1) is 12.2. The molecule has 0 unspecified atom stereocenters. The second-order valence-electron chi connectivity index (χ2n) is 4.74. The minimum absolute atomic E-state index is 0.698. The average Bonchev–Trinajstić information content (AvgIpc) is 3.08. The van der Waals surface area contributed by atoms with Gasteiger partial charge >= 0.3 is 0 Å². The second kappa shape index (κ2) is 5.01. The Morgan fingerprint density at radius 3 is 3.06 bits per heavy atom. The van der Waals surface area contributed by atoms with Crippen molar-refractivity contribution in [1.29, 1.82) is 0 Å². The van der Waals surface area contributed by atoms with E-state index in [1.807, 2.05) is 6.07 Å². The summed E-state index contributed by atoms with van der Waals surface area (Å²) in [4.78, 5) is 4.55. The second-order valence-corrected chi connectivity index (χ2v) is 5.81. The number of rotatable bonds is 4. The molecule has 0 aliphatic heterocycles. The van der Waals surface area contributed by atoms with Gasteiger partial charge in [0.2, 0.25) is 5.89 Å². The Bertz CT molecular complexity index is 561. The first-order chi connectivity index (χ1) is 8.74. The molecule has 1 heterocycles. The van der Waals surface area contributed by atoms with Crippen molar-refractivity contribution in [2.75, 3.05) is 0 Å². The van der Waals surface area contributed by atoms with E-state index in [2.05, 4.69) is 51.9 Å². The third-order valence-corrected chi connectivity index (χ3v) is 4.56. The molecule has 1 saturated carbocycles. The van der Waals surface area contributed by atoms with Gasteiger partial charge in [0.1, 0.15) is 6.26 Å². The Morgan fingerprint density at radius 2 is 2.28 bits per heavy atom. The van der Waals surface area contributed by atoms with Gasteiger partial charge in [0, 0.05) is 16.2 Å². The van der Waals surface area contributed by atoms with Crippen LogP contribution in [0.5, 0.6) is 0 Å². The minimum Gasteiger partial charge on any atom is -0.444 e. The molecule has 2 aromatic rings. The van der Waals surface area contributed by atoms with Gasteiger partial charge in [-0.05, 0) is 54.0 Å². The standard InChI is InChI=1S/C14H15IN2O/c1-9-3-2-4-12(13(9)15)14-17-11(8-18-14)7-16-10-5-6-10/h2-4,8,10,16H,5-7H2,1H3. The molecule has 1 aliphatic rings. The summed E-state index contributed by atoms with van der Waals surface area (Å²) in [7, 11) is 0. The number of aryl methyl sites for hydroxylation is 1. The molecule has 94 valence electrons. The molecule has 0 amide bonds. The molecule has 1 fully saturated rings. The summed E-state index contributed by atoms with van der Waals surface area (Å²) in [5.74, 6) is 0.718. The summed E-state index contributed by atoms with van der Waals surface area (Å²) in [5.41, 5.74) is 3.31. The lowest BCUT2D eigenvalue weighted by atomic mass is 10.1. The van der Waals surface area contributed by atoms with Crippen LogP contribution in [0.1, 0.15) is 24.1 Å². The number of aromatic nitrogens is 1. The van der Waals surface area contributed by atoms with Gasteiger partial charge in [-0.1, -0.05) is 12.1 Å². The lowest BCUT2D eigenvalue weighted by molar-refractivity contribution is 0.569. The normalized spacial score (nSPS) is 15.0. The quantitative estimate of drug-likeness (QED) is 0.854. The van der Waals surface area contributed by atoms with Gasteiger partial charge in [-0.15, -0.1) is 0 Å². The van der Waals surface area contributed by atoms with Gasteiger partial charge in [0.05, 0.1) is 11.3 Å². The van der Waals surface area contributed by atoms with Crippen LogP contribution in [0.3, 0.4) is 0 Å². The van der Waals surface area contributed by atoms with Crippen LogP contribution in [0.25, 0.3) is 11.5 Å². The van der Waals surface area contributed by atoms with E-state index in [0.29, 0.717) is 6.04 Å². The highest BCUT2D eigenvalue weighted by Crippen LogP contribution is 2.27. The molecule has 1 aliphatic carbocycles. The van der Waals surface area contributed by atoms with Gasteiger partial charge in [0.25, 0.3) is 0 Å². The summed E-state index contributed by atoms with van der Waals surface area (Å²) < 4.78 is 6.79. The van der Waals surface area contributed by atoms with Gasteiger partial charge < -0.3 is 9.73 Å². The SMILES string of the molecule is Cc1cccc(-c2nc(CNC3CC3)co2)c1I. The Kier molecular flexibility index (Phi) is 3.39. The number of hydrogen-bond donors (Lipinski definition) is 1. The minimum atomic E-state index is 0.698. The highest BCUT2D eigenvalue weighted by molar-refractivity contribution is 14.1. The van der Waals surface area contributed by atoms with Gasteiger partial charge in [0.15, 0.2) is 0 Å². The summed E-state index contributed by atoms with van der Waals surface area (Å²) in [6.45, 7) is 2.90. The number of benzene rings is 1. The van der Waals surface area contributed by atoms with E-state index < -0.39 is 0 Å². The number of oxazole rings is 1. The summed E-state index contributed by atoms with van der Waals surface area (Å²) in [5, 5.41) is 3.44. The van der Waals surface area contributed by atoms with Gasteiger partial charge in [-0.3, -0.25) is 0 Å². The highest BCUT2D eigenvalue weighted by Gasteiger charge is 2.20. The molecule has 1 aromatic carbocycles. The van der Waals surface area contributed by atoms with Crippen LogP contribution in [0, 0.1) is 10.5 Å². The van der Waals surface area contributed by atoms with E-state index in [0.717, 1.165) is 23.7 Å². The summed E-state index contributed by atoms with van der Waals surface area (Å²) in [6, 6.07) is 6.89. The maximum atomic E-state index is 5.58. The fourth-order valence-corrected chi connectivity index (χ4v) is 2.45. The lowest BCUT2D eigenvalue weighted by Crippen LogP contribution is -2.15. The fraction of sp³-hybridized carbons (Fsp3) is 0.357. The highest BCUT2D eigenvalue weighted by atomic mass is 127. The van der Waals surface area contributed by atoms with Gasteiger partial charge in [-0.2, -0.15) is 0 Å². The number of nitrogens with zero attached hydrogens (tertiary/aromatic N) is 1. The van der Waals surface area contributed by atoms with E-state index in [9.17, 15) is 0 Å². The third-order valence-electron chi connectivity index (χ3n) is 3.12. The van der Waals surface area contributed by atoms with Crippen LogP contribution in [0.15, 0.2) is 28.9 Å². The first-order valence-corrected chi connectivity index (χ1v) is 7.25. The Morgan fingerprint density at radius 1 is 1.44 bits per heavy atom. The largest absolute Gasteiger partial charge is 0.444 e. The predicted octanol–water partition coefficient (Wildman–Crippen LogP) is 3.51. The smallest absolute Gasteiger partial charge is 0.227 e. The molecular weight excluding hydrogens is 339 g/mol. The van der Waals surface area contributed by atoms with Crippen molar-refractivity contribution in [3.05, 3.63) is 39.3 Å². The molecule has 1 N–H and O–H groups in total. The Labute approximate surface area is 120 Å². The fourth-order valence-electron chi connectivity index (χ4n) is 1.86. The first-order valence-electron chi connectivity index (χ1n) is 6.17. The maximum absolute atomic E-state index is 5.58.